The molecule has 1 rings (SSSR count). The topological polar surface area (TPSA) is 72.8 Å². The van der Waals surface area contributed by atoms with Crippen LogP contribution in [0.15, 0.2) is 24.3 Å². The normalized spacial score (nSPS) is 9.05. The zero-order valence-corrected chi connectivity index (χ0v) is 11.5. The molecular weight excluding hydrogens is 248 g/mol. The molecule has 0 unspecified atom stereocenters. The van der Waals surface area contributed by atoms with Gasteiger partial charge in [0.2, 0.25) is 0 Å². The van der Waals surface area contributed by atoms with Gasteiger partial charge in [-0.25, -0.2) is 9.59 Å². The summed E-state index contributed by atoms with van der Waals surface area (Å²) in [5.41, 5.74) is 0.852. The average molecular weight is 268 g/mol. The van der Waals surface area contributed by atoms with Crippen LogP contribution >= 0.6 is 0 Å². The SMILES string of the molecule is CCO.CCOC(=O)c1ccc(C(=O)OCC)cc1. The van der Waals surface area contributed by atoms with E-state index in [1.54, 1.807) is 45.0 Å². The van der Waals surface area contributed by atoms with Crippen molar-refractivity contribution >= 4 is 11.9 Å². The summed E-state index contributed by atoms with van der Waals surface area (Å²) in [6.45, 7) is 6.08. The lowest BCUT2D eigenvalue weighted by atomic mass is 10.1. The molecule has 0 aliphatic rings. The monoisotopic (exact) mass is 268 g/mol. The molecule has 0 amide bonds. The summed E-state index contributed by atoms with van der Waals surface area (Å²) in [5, 5.41) is 7.57. The highest BCUT2D eigenvalue weighted by molar-refractivity contribution is 5.93. The van der Waals surface area contributed by atoms with Crippen molar-refractivity contribution < 1.29 is 24.2 Å². The van der Waals surface area contributed by atoms with E-state index in [1.807, 2.05) is 0 Å². The number of ether oxygens (including phenoxy) is 2. The summed E-state index contributed by atoms with van der Waals surface area (Å²) in [6.07, 6.45) is 0. The molecule has 0 spiro atoms. The number of rotatable bonds is 4. The van der Waals surface area contributed by atoms with Gasteiger partial charge >= 0.3 is 11.9 Å². The van der Waals surface area contributed by atoms with E-state index in [0.717, 1.165) is 0 Å². The van der Waals surface area contributed by atoms with E-state index in [-0.39, 0.29) is 6.61 Å². The Kier molecular flexibility index (Phi) is 9.08. The Hall–Kier alpha value is -1.88. The average Bonchev–Trinajstić information content (AvgIpc) is 2.40. The van der Waals surface area contributed by atoms with Crippen molar-refractivity contribution in [2.75, 3.05) is 19.8 Å². The van der Waals surface area contributed by atoms with E-state index < -0.39 is 11.9 Å². The Bertz CT molecular complexity index is 346. The Morgan fingerprint density at radius 1 is 0.895 bits per heavy atom. The highest BCUT2D eigenvalue weighted by Crippen LogP contribution is 2.07. The molecule has 0 fully saturated rings. The second-order valence-corrected chi connectivity index (χ2v) is 3.33. The van der Waals surface area contributed by atoms with Crippen molar-refractivity contribution in [2.24, 2.45) is 0 Å². The zero-order chi connectivity index (χ0) is 14.7. The number of hydrogen-bond donors (Lipinski definition) is 1. The molecule has 5 heteroatoms. The maximum Gasteiger partial charge on any atom is 0.338 e. The summed E-state index contributed by atoms with van der Waals surface area (Å²) >= 11 is 0. The molecule has 0 aromatic heterocycles. The molecule has 0 bridgehead atoms. The van der Waals surface area contributed by atoms with Gasteiger partial charge in [-0.1, -0.05) is 0 Å². The first-order valence-corrected chi connectivity index (χ1v) is 6.15. The van der Waals surface area contributed by atoms with Crippen LogP contribution in [-0.4, -0.2) is 36.9 Å². The van der Waals surface area contributed by atoms with Gasteiger partial charge in [-0.3, -0.25) is 0 Å². The standard InChI is InChI=1S/C12H14O4.C2H6O/c1-3-15-11(13)9-5-7-10(8-6-9)12(14)16-4-2;1-2-3/h5-8H,3-4H2,1-2H3;3H,2H2,1H3. The summed E-state index contributed by atoms with van der Waals surface area (Å²) < 4.78 is 9.64. The number of carbonyl (C=O) groups excluding carboxylic acids is 2. The fourth-order valence-corrected chi connectivity index (χ4v) is 1.17. The number of hydrogen-bond acceptors (Lipinski definition) is 5. The molecular formula is C14H20O5. The maximum absolute atomic E-state index is 11.3. The zero-order valence-electron chi connectivity index (χ0n) is 11.5. The van der Waals surface area contributed by atoms with E-state index in [0.29, 0.717) is 24.3 Å². The van der Waals surface area contributed by atoms with E-state index in [9.17, 15) is 9.59 Å². The van der Waals surface area contributed by atoms with Crippen molar-refractivity contribution in [3.8, 4) is 0 Å². The fourth-order valence-electron chi connectivity index (χ4n) is 1.17. The Labute approximate surface area is 113 Å². The van der Waals surface area contributed by atoms with Crippen molar-refractivity contribution in [1.82, 2.24) is 0 Å². The minimum absolute atomic E-state index is 0.250. The van der Waals surface area contributed by atoms with Gasteiger partial charge in [0.15, 0.2) is 0 Å². The molecule has 0 saturated carbocycles. The van der Waals surface area contributed by atoms with Gasteiger partial charge in [0.25, 0.3) is 0 Å². The smallest absolute Gasteiger partial charge is 0.338 e. The summed E-state index contributed by atoms with van der Waals surface area (Å²) in [5.74, 6) is -0.782. The largest absolute Gasteiger partial charge is 0.462 e. The predicted octanol–water partition coefficient (Wildman–Crippen LogP) is 2.04. The van der Waals surface area contributed by atoms with Crippen molar-refractivity contribution in [2.45, 2.75) is 20.8 Å². The summed E-state index contributed by atoms with van der Waals surface area (Å²) in [4.78, 5) is 22.6. The molecule has 0 saturated heterocycles. The minimum atomic E-state index is -0.391. The van der Waals surface area contributed by atoms with Crippen molar-refractivity contribution in [3.63, 3.8) is 0 Å². The number of aliphatic hydroxyl groups is 1. The quantitative estimate of drug-likeness (QED) is 0.846. The lowest BCUT2D eigenvalue weighted by Gasteiger charge is -2.03. The van der Waals surface area contributed by atoms with Gasteiger partial charge in [-0.2, -0.15) is 0 Å². The maximum atomic E-state index is 11.3. The number of carbonyl (C=O) groups is 2. The molecule has 1 aromatic rings. The molecule has 0 heterocycles. The van der Waals surface area contributed by atoms with Gasteiger partial charge in [-0.15, -0.1) is 0 Å². The van der Waals surface area contributed by atoms with Crippen LogP contribution in [0.25, 0.3) is 0 Å². The van der Waals surface area contributed by atoms with Gasteiger partial charge in [0, 0.05) is 6.61 Å². The third-order valence-corrected chi connectivity index (χ3v) is 1.91. The molecule has 0 radical (unpaired) electrons. The first kappa shape index (κ1) is 17.1. The second-order valence-electron chi connectivity index (χ2n) is 3.33. The fraction of sp³-hybridized carbons (Fsp3) is 0.429. The lowest BCUT2D eigenvalue weighted by molar-refractivity contribution is 0.0511. The van der Waals surface area contributed by atoms with Crippen LogP contribution in [0.4, 0.5) is 0 Å². The van der Waals surface area contributed by atoms with Crippen LogP contribution in [0.5, 0.6) is 0 Å². The molecule has 106 valence electrons. The third kappa shape index (κ3) is 6.57. The van der Waals surface area contributed by atoms with E-state index >= 15 is 0 Å². The summed E-state index contributed by atoms with van der Waals surface area (Å²) in [6, 6.07) is 6.18. The Balaban J connectivity index is 0.000000982. The first-order chi connectivity index (χ1) is 9.10. The molecule has 0 atom stereocenters. The highest BCUT2D eigenvalue weighted by atomic mass is 16.5. The van der Waals surface area contributed by atoms with Gasteiger partial charge in [0.05, 0.1) is 24.3 Å². The first-order valence-electron chi connectivity index (χ1n) is 6.15. The molecule has 1 N–H and O–H groups in total. The van der Waals surface area contributed by atoms with E-state index in [2.05, 4.69) is 0 Å². The van der Waals surface area contributed by atoms with Crippen molar-refractivity contribution in [1.29, 1.82) is 0 Å². The predicted molar refractivity (Wildman–Crippen MR) is 71.1 cm³/mol. The van der Waals surface area contributed by atoms with Crippen molar-refractivity contribution in [3.05, 3.63) is 35.4 Å². The molecule has 19 heavy (non-hydrogen) atoms. The van der Waals surface area contributed by atoms with Gasteiger partial charge < -0.3 is 14.6 Å². The summed E-state index contributed by atoms with van der Waals surface area (Å²) in [7, 11) is 0. The molecule has 0 aliphatic heterocycles. The van der Waals surface area contributed by atoms with Crippen LogP contribution in [0.1, 0.15) is 41.5 Å². The molecule has 0 aliphatic carbocycles. The van der Waals surface area contributed by atoms with E-state index in [4.69, 9.17) is 14.6 Å². The van der Waals surface area contributed by atoms with Crippen LogP contribution in [-0.2, 0) is 9.47 Å². The van der Waals surface area contributed by atoms with Crippen LogP contribution < -0.4 is 0 Å². The second kappa shape index (κ2) is 10.1. The van der Waals surface area contributed by atoms with Crippen LogP contribution in [0.2, 0.25) is 0 Å². The molecule has 1 aromatic carbocycles. The van der Waals surface area contributed by atoms with E-state index in [1.165, 1.54) is 0 Å². The Morgan fingerprint density at radius 2 is 1.16 bits per heavy atom. The van der Waals surface area contributed by atoms with Gasteiger partial charge in [0.1, 0.15) is 0 Å². The Morgan fingerprint density at radius 3 is 1.37 bits per heavy atom. The lowest BCUT2D eigenvalue weighted by Crippen LogP contribution is -2.07. The highest BCUT2D eigenvalue weighted by Gasteiger charge is 2.09. The van der Waals surface area contributed by atoms with Crippen LogP contribution in [0, 0.1) is 0 Å². The number of aliphatic hydroxyl groups excluding tert-OH is 1. The van der Waals surface area contributed by atoms with Gasteiger partial charge in [-0.05, 0) is 45.0 Å². The third-order valence-electron chi connectivity index (χ3n) is 1.91. The number of benzene rings is 1. The molecule has 5 nitrogen and oxygen atoms in total. The van der Waals surface area contributed by atoms with Crippen LogP contribution in [0.3, 0.4) is 0 Å². The minimum Gasteiger partial charge on any atom is -0.462 e. The number of esters is 2.